The van der Waals surface area contributed by atoms with E-state index in [1.165, 1.54) is 6.92 Å². The second-order valence-corrected chi connectivity index (χ2v) is 6.58. The van der Waals surface area contributed by atoms with Crippen LogP contribution in [0.2, 0.25) is 0 Å². The number of nitrogens with zero attached hydrogens (tertiary/aromatic N) is 2. The molecule has 0 saturated carbocycles. The van der Waals surface area contributed by atoms with Crippen LogP contribution in [0.4, 0.5) is 0 Å². The molecule has 1 aromatic heterocycles. The SMILES string of the molecule is CCS(=O)(=O)NCC(=O)N1CCCC1c1ccn[nH]1. The Kier molecular flexibility index (Phi) is 4.20. The van der Waals surface area contributed by atoms with Crippen LogP contribution in [-0.4, -0.2) is 48.3 Å². The van der Waals surface area contributed by atoms with Gasteiger partial charge in [-0.05, 0) is 25.8 Å². The summed E-state index contributed by atoms with van der Waals surface area (Å²) in [5, 5.41) is 6.75. The zero-order chi connectivity index (χ0) is 13.9. The van der Waals surface area contributed by atoms with E-state index in [9.17, 15) is 13.2 Å². The molecule has 1 aliphatic heterocycles. The zero-order valence-electron chi connectivity index (χ0n) is 10.8. The van der Waals surface area contributed by atoms with Crippen molar-refractivity contribution >= 4 is 15.9 Å². The standard InChI is InChI=1S/C11H18N4O3S/c1-2-19(17,18)13-8-11(16)15-7-3-4-10(15)9-5-6-12-14-9/h5-6,10,13H,2-4,7-8H2,1H3,(H,12,14). The number of aromatic amines is 1. The van der Waals surface area contributed by atoms with E-state index in [1.54, 1.807) is 11.1 Å². The predicted molar refractivity (Wildman–Crippen MR) is 69.7 cm³/mol. The maximum atomic E-state index is 12.1. The molecule has 1 aromatic rings. The number of H-pyrrole nitrogens is 1. The lowest BCUT2D eigenvalue weighted by molar-refractivity contribution is -0.130. The highest BCUT2D eigenvalue weighted by molar-refractivity contribution is 7.89. The lowest BCUT2D eigenvalue weighted by Gasteiger charge is -2.23. The van der Waals surface area contributed by atoms with E-state index in [2.05, 4.69) is 14.9 Å². The molecule has 1 saturated heterocycles. The summed E-state index contributed by atoms with van der Waals surface area (Å²) in [5.41, 5.74) is 0.893. The molecule has 106 valence electrons. The lowest BCUT2D eigenvalue weighted by Crippen LogP contribution is -2.40. The minimum Gasteiger partial charge on any atom is -0.333 e. The van der Waals surface area contributed by atoms with Gasteiger partial charge in [0, 0.05) is 12.7 Å². The van der Waals surface area contributed by atoms with E-state index in [0.717, 1.165) is 18.5 Å². The summed E-state index contributed by atoms with van der Waals surface area (Å²) in [7, 11) is -3.33. The molecule has 1 fully saturated rings. The highest BCUT2D eigenvalue weighted by atomic mass is 32.2. The Hall–Kier alpha value is -1.41. The lowest BCUT2D eigenvalue weighted by atomic mass is 10.1. The molecule has 1 atom stereocenters. The Morgan fingerprint density at radius 1 is 1.63 bits per heavy atom. The summed E-state index contributed by atoms with van der Waals surface area (Å²) in [6, 6.07) is 1.81. The maximum Gasteiger partial charge on any atom is 0.238 e. The molecule has 2 heterocycles. The van der Waals surface area contributed by atoms with Gasteiger partial charge < -0.3 is 4.90 Å². The summed E-state index contributed by atoms with van der Waals surface area (Å²) in [5.74, 6) is -0.223. The number of hydrogen-bond acceptors (Lipinski definition) is 4. The Labute approximate surface area is 112 Å². The fourth-order valence-corrected chi connectivity index (χ4v) is 2.76. The molecule has 0 aliphatic carbocycles. The molecule has 2 rings (SSSR count). The highest BCUT2D eigenvalue weighted by Crippen LogP contribution is 2.30. The number of hydrogen-bond donors (Lipinski definition) is 2. The van der Waals surface area contributed by atoms with Gasteiger partial charge >= 0.3 is 0 Å². The smallest absolute Gasteiger partial charge is 0.238 e. The van der Waals surface area contributed by atoms with Crippen molar-refractivity contribution in [3.63, 3.8) is 0 Å². The number of amides is 1. The summed E-state index contributed by atoms with van der Waals surface area (Å²) in [6.07, 6.45) is 3.43. The van der Waals surface area contributed by atoms with Gasteiger partial charge in [0.2, 0.25) is 15.9 Å². The fourth-order valence-electron chi connectivity index (χ4n) is 2.22. The minimum absolute atomic E-state index is 0.0236. The monoisotopic (exact) mass is 286 g/mol. The van der Waals surface area contributed by atoms with Gasteiger partial charge in [-0.25, -0.2) is 13.1 Å². The first-order valence-corrected chi connectivity index (χ1v) is 7.95. The van der Waals surface area contributed by atoms with Crippen LogP contribution in [0.5, 0.6) is 0 Å². The minimum atomic E-state index is -3.33. The maximum absolute atomic E-state index is 12.1. The zero-order valence-corrected chi connectivity index (χ0v) is 11.6. The molecule has 0 aromatic carbocycles. The molecular formula is C11H18N4O3S. The number of carbonyl (C=O) groups is 1. The van der Waals surface area contributed by atoms with Crippen molar-refractivity contribution in [1.82, 2.24) is 19.8 Å². The summed E-state index contributed by atoms with van der Waals surface area (Å²) < 4.78 is 25.0. The molecule has 0 radical (unpaired) electrons. The molecule has 0 spiro atoms. The van der Waals surface area contributed by atoms with E-state index < -0.39 is 10.0 Å². The molecule has 0 bridgehead atoms. The van der Waals surface area contributed by atoms with Crippen LogP contribution in [0.25, 0.3) is 0 Å². The van der Waals surface area contributed by atoms with E-state index in [0.29, 0.717) is 6.54 Å². The van der Waals surface area contributed by atoms with Gasteiger partial charge in [-0.2, -0.15) is 5.10 Å². The number of rotatable bonds is 5. The molecular weight excluding hydrogens is 268 g/mol. The fraction of sp³-hybridized carbons (Fsp3) is 0.636. The second kappa shape index (κ2) is 5.70. The van der Waals surface area contributed by atoms with Crippen LogP contribution < -0.4 is 4.72 Å². The largest absolute Gasteiger partial charge is 0.333 e. The van der Waals surface area contributed by atoms with Gasteiger partial charge in [0.15, 0.2) is 0 Å². The van der Waals surface area contributed by atoms with Crippen LogP contribution in [0.1, 0.15) is 31.5 Å². The van der Waals surface area contributed by atoms with Gasteiger partial charge in [-0.1, -0.05) is 0 Å². The average molecular weight is 286 g/mol. The van der Waals surface area contributed by atoms with E-state index in [1.807, 2.05) is 6.07 Å². The first kappa shape index (κ1) is 14.0. The third-order valence-electron chi connectivity index (χ3n) is 3.28. The normalized spacial score (nSPS) is 19.8. The van der Waals surface area contributed by atoms with Crippen molar-refractivity contribution in [3.8, 4) is 0 Å². The first-order valence-electron chi connectivity index (χ1n) is 6.29. The number of nitrogens with one attached hydrogen (secondary N) is 2. The Morgan fingerprint density at radius 3 is 3.05 bits per heavy atom. The van der Waals surface area contributed by atoms with Gasteiger partial charge in [-0.15, -0.1) is 0 Å². The molecule has 8 heteroatoms. The van der Waals surface area contributed by atoms with E-state index in [4.69, 9.17) is 0 Å². The van der Waals surface area contributed by atoms with Gasteiger partial charge in [0.05, 0.1) is 24.0 Å². The molecule has 19 heavy (non-hydrogen) atoms. The van der Waals surface area contributed by atoms with Crippen LogP contribution in [0.3, 0.4) is 0 Å². The van der Waals surface area contributed by atoms with Crippen molar-refractivity contribution in [2.45, 2.75) is 25.8 Å². The third kappa shape index (κ3) is 3.32. The van der Waals surface area contributed by atoms with Gasteiger partial charge in [0.25, 0.3) is 0 Å². The van der Waals surface area contributed by atoms with Crippen molar-refractivity contribution in [2.75, 3.05) is 18.8 Å². The van der Waals surface area contributed by atoms with E-state index >= 15 is 0 Å². The predicted octanol–water partition coefficient (Wildman–Crippen LogP) is 0.0125. The van der Waals surface area contributed by atoms with Crippen molar-refractivity contribution in [3.05, 3.63) is 18.0 Å². The van der Waals surface area contributed by atoms with Crippen LogP contribution in [-0.2, 0) is 14.8 Å². The van der Waals surface area contributed by atoms with Crippen molar-refractivity contribution in [2.24, 2.45) is 0 Å². The Bertz CT molecular complexity index is 526. The summed E-state index contributed by atoms with van der Waals surface area (Å²) in [4.78, 5) is 13.8. The van der Waals surface area contributed by atoms with Crippen molar-refractivity contribution in [1.29, 1.82) is 0 Å². The molecule has 1 amide bonds. The summed E-state index contributed by atoms with van der Waals surface area (Å²) in [6.45, 7) is 2.01. The number of likely N-dealkylation sites (tertiary alicyclic amines) is 1. The van der Waals surface area contributed by atoms with Crippen molar-refractivity contribution < 1.29 is 13.2 Å². The van der Waals surface area contributed by atoms with E-state index in [-0.39, 0.29) is 24.2 Å². The molecule has 7 nitrogen and oxygen atoms in total. The Morgan fingerprint density at radius 2 is 2.42 bits per heavy atom. The second-order valence-electron chi connectivity index (χ2n) is 4.48. The number of carbonyl (C=O) groups excluding carboxylic acids is 1. The molecule has 1 aliphatic rings. The molecule has 2 N–H and O–H groups in total. The number of sulfonamides is 1. The quantitative estimate of drug-likeness (QED) is 0.797. The van der Waals surface area contributed by atoms with Crippen LogP contribution in [0.15, 0.2) is 12.3 Å². The highest BCUT2D eigenvalue weighted by Gasteiger charge is 2.30. The average Bonchev–Trinajstić information content (AvgIpc) is 3.05. The molecule has 1 unspecified atom stereocenters. The Balaban J connectivity index is 1.99. The topological polar surface area (TPSA) is 95.2 Å². The third-order valence-corrected chi connectivity index (χ3v) is 4.62. The van der Waals surface area contributed by atoms with Crippen LogP contribution in [0, 0.1) is 0 Å². The summed E-state index contributed by atoms with van der Waals surface area (Å²) >= 11 is 0. The number of aromatic nitrogens is 2. The van der Waals surface area contributed by atoms with Gasteiger partial charge in [0.1, 0.15) is 0 Å². The van der Waals surface area contributed by atoms with Crippen LogP contribution >= 0.6 is 0 Å². The first-order chi connectivity index (χ1) is 9.03. The van der Waals surface area contributed by atoms with Gasteiger partial charge in [-0.3, -0.25) is 9.89 Å².